The van der Waals surface area contributed by atoms with Crippen molar-refractivity contribution in [2.45, 2.75) is 5.41 Å². The Morgan fingerprint density at radius 1 is 0.581 bits per heavy atom. The van der Waals surface area contributed by atoms with Crippen LogP contribution >= 0.6 is 0 Å². The molecule has 2 aliphatic rings. The van der Waals surface area contributed by atoms with E-state index in [0.717, 1.165) is 45.2 Å². The number of fused-ring (bicyclic) bond motifs is 4. The topological polar surface area (TPSA) is 21.3 Å². The van der Waals surface area contributed by atoms with E-state index in [2.05, 4.69) is 43.8 Å². The normalized spacial score (nSPS) is 21.7. The monoisotopic (exact) mass is 403 g/mol. The third-order valence-corrected chi connectivity index (χ3v) is 5.50. The molecule has 0 atom stereocenters. The van der Waals surface area contributed by atoms with Gasteiger partial charge < -0.3 is 10.1 Å². The van der Waals surface area contributed by atoms with Gasteiger partial charge in [-0.25, -0.2) is 0 Å². The highest BCUT2D eigenvalue weighted by molar-refractivity contribution is 5.70. The molecule has 1 spiro atoms. The fourth-order valence-electron chi connectivity index (χ4n) is 4.12. The van der Waals surface area contributed by atoms with Crippen molar-refractivity contribution in [1.29, 1.82) is 0 Å². The van der Waals surface area contributed by atoms with Gasteiger partial charge in [0.2, 0.25) is 0 Å². The van der Waals surface area contributed by atoms with Crippen LogP contribution in [0.25, 0.3) is 0 Å². The van der Waals surface area contributed by atoms with Gasteiger partial charge in [0.15, 0.2) is 0 Å². The Bertz CT molecular complexity index is 1110. The van der Waals surface area contributed by atoms with E-state index in [9.17, 15) is 0 Å². The Morgan fingerprint density at radius 3 is 1.48 bits per heavy atom. The van der Waals surface area contributed by atoms with Crippen LogP contribution in [0.3, 0.4) is 0 Å². The summed E-state index contributed by atoms with van der Waals surface area (Å²) in [6.07, 6.45) is 15.7. The zero-order valence-corrected chi connectivity index (χ0v) is 17.5. The summed E-state index contributed by atoms with van der Waals surface area (Å²) in [7, 11) is 0. The van der Waals surface area contributed by atoms with E-state index >= 15 is 0 Å². The second-order valence-electron chi connectivity index (χ2n) is 7.51. The van der Waals surface area contributed by atoms with Gasteiger partial charge in [0.25, 0.3) is 0 Å². The minimum Gasteiger partial charge on any atom is -0.457 e. The van der Waals surface area contributed by atoms with E-state index in [4.69, 9.17) is 4.74 Å². The molecule has 0 saturated heterocycles. The number of hydrogen-bond acceptors (Lipinski definition) is 2. The number of para-hydroxylation sites is 2. The standard InChI is InChI=1S/C29H25NO/c1-21-13-5-7-15-23(3)30-24(4)16-8-6-14-22(2)29(21)25-17-9-11-19-27(25)31-28-20-12-10-18-26(28)29/h5-20,30H,1-4H2/b13-5-,14-6-,15-7-,16-8-. The highest BCUT2D eigenvalue weighted by atomic mass is 16.5. The molecule has 0 aliphatic carbocycles. The number of ether oxygens (including phenoxy) is 1. The minimum atomic E-state index is -0.656. The molecule has 1 N–H and O–H groups in total. The molecule has 2 heteroatoms. The fraction of sp³-hybridized carbons (Fsp3) is 0.0345. The van der Waals surface area contributed by atoms with Gasteiger partial charge in [-0.2, -0.15) is 0 Å². The van der Waals surface area contributed by atoms with Gasteiger partial charge in [-0.15, -0.1) is 0 Å². The zero-order chi connectivity index (χ0) is 21.8. The maximum Gasteiger partial charge on any atom is 0.132 e. The lowest BCUT2D eigenvalue weighted by Gasteiger charge is -2.42. The third kappa shape index (κ3) is 3.64. The summed E-state index contributed by atoms with van der Waals surface area (Å²) in [5, 5.41) is 3.15. The summed E-state index contributed by atoms with van der Waals surface area (Å²) in [6.45, 7) is 17.0. The first-order valence-electron chi connectivity index (χ1n) is 10.1. The molecule has 152 valence electrons. The number of allylic oxidation sites excluding steroid dienone is 10. The molecule has 2 nitrogen and oxygen atoms in total. The Morgan fingerprint density at radius 2 is 1.00 bits per heavy atom. The van der Waals surface area contributed by atoms with Crippen molar-refractivity contribution < 1.29 is 4.74 Å². The first-order valence-corrected chi connectivity index (χ1v) is 10.1. The highest BCUT2D eigenvalue weighted by Gasteiger charge is 2.44. The predicted molar refractivity (Wildman–Crippen MR) is 130 cm³/mol. The maximum atomic E-state index is 6.25. The molecule has 2 aromatic carbocycles. The molecule has 0 aromatic heterocycles. The van der Waals surface area contributed by atoms with Crippen LogP contribution in [0.5, 0.6) is 11.5 Å². The first kappa shape index (κ1) is 20.2. The van der Waals surface area contributed by atoms with Crippen LogP contribution in [0, 0.1) is 0 Å². The van der Waals surface area contributed by atoms with Crippen molar-refractivity contribution in [3.63, 3.8) is 0 Å². The second-order valence-corrected chi connectivity index (χ2v) is 7.51. The Labute approximate surface area is 184 Å². The van der Waals surface area contributed by atoms with Crippen LogP contribution in [-0.4, -0.2) is 0 Å². The van der Waals surface area contributed by atoms with Crippen molar-refractivity contribution in [2.75, 3.05) is 0 Å². The van der Waals surface area contributed by atoms with Crippen molar-refractivity contribution >= 4 is 0 Å². The summed E-state index contributed by atoms with van der Waals surface area (Å²) in [5.41, 5.74) is 4.70. The fourth-order valence-corrected chi connectivity index (χ4v) is 4.12. The Kier molecular flexibility index (Phi) is 5.46. The summed E-state index contributed by atoms with van der Waals surface area (Å²) in [5.74, 6) is 1.62. The minimum absolute atomic E-state index is 0.656. The van der Waals surface area contributed by atoms with Gasteiger partial charge >= 0.3 is 0 Å². The van der Waals surface area contributed by atoms with Crippen molar-refractivity contribution in [3.05, 3.63) is 157 Å². The molecule has 0 radical (unpaired) electrons. The van der Waals surface area contributed by atoms with Crippen LogP contribution in [0.2, 0.25) is 0 Å². The van der Waals surface area contributed by atoms with E-state index < -0.39 is 5.41 Å². The lowest BCUT2D eigenvalue weighted by molar-refractivity contribution is 0.434. The number of benzene rings is 2. The summed E-state index contributed by atoms with van der Waals surface area (Å²) in [6, 6.07) is 16.2. The van der Waals surface area contributed by atoms with Crippen LogP contribution < -0.4 is 10.1 Å². The molecule has 2 heterocycles. The SMILES string of the molecule is C=C1/C=C\C=C/C(=C)C2(C(=C)/C=C\C=C/C(=C)N1)c1ccccc1Oc1ccccc12. The summed E-state index contributed by atoms with van der Waals surface area (Å²) < 4.78 is 6.25. The van der Waals surface area contributed by atoms with Crippen LogP contribution in [0.15, 0.2) is 146 Å². The first-order chi connectivity index (χ1) is 15.0. The third-order valence-electron chi connectivity index (χ3n) is 5.50. The van der Waals surface area contributed by atoms with Gasteiger partial charge in [-0.3, -0.25) is 0 Å². The Hall–Kier alpha value is -4.04. The van der Waals surface area contributed by atoms with E-state index in [-0.39, 0.29) is 0 Å². The van der Waals surface area contributed by atoms with Gasteiger partial charge in [0.05, 0.1) is 5.41 Å². The van der Waals surface area contributed by atoms with Crippen LogP contribution in [-0.2, 0) is 5.41 Å². The molecule has 4 rings (SSSR count). The average Bonchev–Trinajstić information content (AvgIpc) is 2.77. The zero-order valence-electron chi connectivity index (χ0n) is 17.5. The number of hydrogen-bond donors (Lipinski definition) is 1. The Balaban J connectivity index is 1.97. The smallest absolute Gasteiger partial charge is 0.132 e. The van der Waals surface area contributed by atoms with E-state index in [1.54, 1.807) is 0 Å². The van der Waals surface area contributed by atoms with Crippen molar-refractivity contribution in [1.82, 2.24) is 5.32 Å². The second kappa shape index (κ2) is 8.37. The summed E-state index contributed by atoms with van der Waals surface area (Å²) in [4.78, 5) is 0. The van der Waals surface area contributed by atoms with Gasteiger partial charge in [-0.05, 0) is 35.4 Å². The molecule has 0 fully saturated rings. The predicted octanol–water partition coefficient (Wildman–Crippen LogP) is 7.05. The summed E-state index contributed by atoms with van der Waals surface area (Å²) >= 11 is 0. The lowest BCUT2D eigenvalue weighted by Crippen LogP contribution is -2.34. The molecule has 0 bridgehead atoms. The van der Waals surface area contributed by atoms with Crippen molar-refractivity contribution in [3.8, 4) is 11.5 Å². The largest absolute Gasteiger partial charge is 0.457 e. The highest BCUT2D eigenvalue weighted by Crippen LogP contribution is 2.55. The maximum absolute atomic E-state index is 6.25. The number of nitrogens with one attached hydrogen (secondary N) is 1. The van der Waals surface area contributed by atoms with Crippen LogP contribution in [0.4, 0.5) is 0 Å². The molecule has 0 unspecified atom stereocenters. The van der Waals surface area contributed by atoms with E-state index in [0.29, 0.717) is 0 Å². The molecule has 0 saturated carbocycles. The molecular formula is C29H25NO. The van der Waals surface area contributed by atoms with Crippen LogP contribution in [0.1, 0.15) is 11.1 Å². The van der Waals surface area contributed by atoms with E-state index in [1.807, 2.05) is 85.0 Å². The molecule has 2 aromatic rings. The van der Waals surface area contributed by atoms with Gasteiger partial charge in [0, 0.05) is 22.5 Å². The average molecular weight is 404 g/mol. The quantitative estimate of drug-likeness (QED) is 0.509. The molecule has 0 amide bonds. The van der Waals surface area contributed by atoms with E-state index in [1.165, 1.54) is 0 Å². The van der Waals surface area contributed by atoms with Gasteiger partial charge in [-0.1, -0.05) is 99.2 Å². The molecule has 2 aliphatic heterocycles. The molecule has 31 heavy (non-hydrogen) atoms. The van der Waals surface area contributed by atoms with Crippen molar-refractivity contribution in [2.24, 2.45) is 0 Å². The lowest BCUT2D eigenvalue weighted by atomic mass is 9.63. The van der Waals surface area contributed by atoms with Gasteiger partial charge in [0.1, 0.15) is 11.5 Å². The molecular weight excluding hydrogens is 378 g/mol. The number of rotatable bonds is 0.